The summed E-state index contributed by atoms with van der Waals surface area (Å²) >= 11 is 12.8. The average Bonchev–Trinajstić information content (AvgIpc) is 2.67. The van der Waals surface area contributed by atoms with Crippen LogP contribution in [0.5, 0.6) is 0 Å². The van der Waals surface area contributed by atoms with Crippen molar-refractivity contribution in [2.24, 2.45) is 0 Å². The molecule has 2 aromatic rings. The smallest absolute Gasteiger partial charge is 0.137 e. The highest BCUT2D eigenvalue weighted by atomic mass is 79.9. The first kappa shape index (κ1) is 12.4. The summed E-state index contributed by atoms with van der Waals surface area (Å²) in [6.07, 6.45) is 0. The quantitative estimate of drug-likeness (QED) is 0.745. The van der Waals surface area contributed by atoms with E-state index in [1.54, 1.807) is 12.1 Å². The van der Waals surface area contributed by atoms with E-state index in [1.165, 1.54) is 0 Å². The van der Waals surface area contributed by atoms with E-state index in [1.807, 2.05) is 6.07 Å². The maximum absolute atomic E-state index is 9.02. The largest absolute Gasteiger partial charge is 0.383 e. The van der Waals surface area contributed by atoms with Gasteiger partial charge in [-0.3, -0.25) is 5.10 Å². The third kappa shape index (κ3) is 2.06. The van der Waals surface area contributed by atoms with Crippen LogP contribution in [0.1, 0.15) is 5.56 Å². The molecule has 17 heavy (non-hydrogen) atoms. The molecule has 1 aromatic carbocycles. The predicted molar refractivity (Wildman–Crippen MR) is 73.6 cm³/mol. The number of nitrogen functional groups attached to an aromatic ring is 1. The van der Waals surface area contributed by atoms with E-state index >= 15 is 0 Å². The number of halogens is 3. The summed E-state index contributed by atoms with van der Waals surface area (Å²) in [4.78, 5) is 0. The third-order valence-corrected chi connectivity index (χ3v) is 4.53. The van der Waals surface area contributed by atoms with Crippen LogP contribution in [-0.4, -0.2) is 10.2 Å². The van der Waals surface area contributed by atoms with Crippen molar-refractivity contribution in [3.05, 3.63) is 31.7 Å². The lowest BCUT2D eigenvalue weighted by atomic mass is 10.1. The lowest BCUT2D eigenvalue weighted by Gasteiger charge is -2.05. The molecule has 0 fully saturated rings. The molecule has 0 aliphatic rings. The molecule has 7 heteroatoms. The topological polar surface area (TPSA) is 78.5 Å². The molecule has 0 unspecified atom stereocenters. The van der Waals surface area contributed by atoms with Gasteiger partial charge in [0.25, 0.3) is 0 Å². The summed E-state index contributed by atoms with van der Waals surface area (Å²) in [5, 5.41) is 16.1. The summed E-state index contributed by atoms with van der Waals surface area (Å²) in [7, 11) is 0. The van der Waals surface area contributed by atoms with Gasteiger partial charge in [0.05, 0.1) is 5.02 Å². The number of benzene rings is 1. The highest BCUT2D eigenvalue weighted by molar-refractivity contribution is 9.11. The summed E-state index contributed by atoms with van der Waals surface area (Å²) < 4.78 is 1.42. The normalized spacial score (nSPS) is 10.2. The molecule has 86 valence electrons. The molecule has 0 saturated heterocycles. The van der Waals surface area contributed by atoms with Crippen molar-refractivity contribution in [1.29, 1.82) is 5.26 Å². The van der Waals surface area contributed by atoms with Crippen LogP contribution in [0.4, 0.5) is 5.82 Å². The van der Waals surface area contributed by atoms with E-state index in [0.29, 0.717) is 26.3 Å². The second kappa shape index (κ2) is 4.69. The fourth-order valence-corrected chi connectivity index (χ4v) is 2.67. The minimum Gasteiger partial charge on any atom is -0.383 e. The fourth-order valence-electron chi connectivity index (χ4n) is 1.37. The first-order valence-corrected chi connectivity index (χ1v) is 6.40. The van der Waals surface area contributed by atoms with Crippen molar-refractivity contribution in [3.8, 4) is 17.3 Å². The standard InChI is InChI=1S/C10H5Br2ClN4/c11-6-2-1-4(7(12)8(6)13)9-5(3-14)10(15)17-16-9/h1-2H,(H3,15,16,17). The average molecular weight is 376 g/mol. The highest BCUT2D eigenvalue weighted by Gasteiger charge is 2.17. The third-order valence-electron chi connectivity index (χ3n) is 2.20. The molecule has 0 aliphatic heterocycles. The van der Waals surface area contributed by atoms with Gasteiger partial charge in [-0.1, -0.05) is 17.7 Å². The van der Waals surface area contributed by atoms with Crippen molar-refractivity contribution in [2.75, 3.05) is 5.73 Å². The number of anilines is 1. The zero-order chi connectivity index (χ0) is 12.6. The maximum atomic E-state index is 9.02. The molecular weight excluding hydrogens is 371 g/mol. The van der Waals surface area contributed by atoms with Crippen LogP contribution in [0.15, 0.2) is 21.1 Å². The molecule has 1 heterocycles. The van der Waals surface area contributed by atoms with Gasteiger partial charge in [-0.05, 0) is 37.9 Å². The van der Waals surface area contributed by atoms with E-state index in [-0.39, 0.29) is 5.82 Å². The summed E-state index contributed by atoms with van der Waals surface area (Å²) in [5.41, 5.74) is 7.11. The van der Waals surface area contributed by atoms with E-state index < -0.39 is 0 Å². The lowest BCUT2D eigenvalue weighted by Crippen LogP contribution is -1.88. The molecule has 3 N–H and O–H groups in total. The van der Waals surface area contributed by atoms with Crippen LogP contribution in [0.3, 0.4) is 0 Å². The van der Waals surface area contributed by atoms with E-state index in [2.05, 4.69) is 42.1 Å². The first-order chi connectivity index (χ1) is 8.06. The van der Waals surface area contributed by atoms with Gasteiger partial charge in [-0.2, -0.15) is 10.4 Å². The van der Waals surface area contributed by atoms with Crippen LogP contribution in [0.25, 0.3) is 11.3 Å². The Morgan fingerprint density at radius 1 is 1.41 bits per heavy atom. The molecule has 0 radical (unpaired) electrons. The highest BCUT2D eigenvalue weighted by Crippen LogP contribution is 2.39. The summed E-state index contributed by atoms with van der Waals surface area (Å²) in [5.74, 6) is 0.244. The number of nitrogens with two attached hydrogens (primary N) is 1. The molecule has 0 amide bonds. The molecule has 0 saturated carbocycles. The second-order valence-corrected chi connectivity index (χ2v) is 5.22. The molecule has 0 atom stereocenters. The Morgan fingerprint density at radius 3 is 2.76 bits per heavy atom. The van der Waals surface area contributed by atoms with Gasteiger partial charge >= 0.3 is 0 Å². The van der Waals surface area contributed by atoms with Crippen molar-refractivity contribution in [1.82, 2.24) is 10.2 Å². The number of nitriles is 1. The Balaban J connectivity index is 2.70. The van der Waals surface area contributed by atoms with E-state index in [9.17, 15) is 0 Å². The minimum atomic E-state index is 0.244. The molecular formula is C10H5Br2ClN4. The Kier molecular flexibility index (Phi) is 3.43. The van der Waals surface area contributed by atoms with Crippen LogP contribution in [0.2, 0.25) is 5.02 Å². The number of rotatable bonds is 1. The van der Waals surface area contributed by atoms with Gasteiger partial charge in [-0.15, -0.1) is 0 Å². The van der Waals surface area contributed by atoms with Gasteiger partial charge in [0.15, 0.2) is 0 Å². The Bertz CT molecular complexity index is 630. The van der Waals surface area contributed by atoms with Gasteiger partial charge < -0.3 is 5.73 Å². The van der Waals surface area contributed by atoms with Gasteiger partial charge in [0.1, 0.15) is 23.1 Å². The molecule has 2 rings (SSSR count). The van der Waals surface area contributed by atoms with Crippen molar-refractivity contribution < 1.29 is 0 Å². The van der Waals surface area contributed by atoms with Crippen molar-refractivity contribution >= 4 is 49.3 Å². The fraction of sp³-hybridized carbons (Fsp3) is 0. The lowest BCUT2D eigenvalue weighted by molar-refractivity contribution is 1.10. The monoisotopic (exact) mass is 374 g/mol. The number of nitrogens with zero attached hydrogens (tertiary/aromatic N) is 2. The zero-order valence-electron chi connectivity index (χ0n) is 8.26. The number of aromatic nitrogens is 2. The molecule has 0 bridgehead atoms. The van der Waals surface area contributed by atoms with Crippen LogP contribution in [-0.2, 0) is 0 Å². The maximum Gasteiger partial charge on any atom is 0.137 e. The zero-order valence-corrected chi connectivity index (χ0v) is 12.2. The molecule has 0 spiro atoms. The molecule has 1 aromatic heterocycles. The van der Waals surface area contributed by atoms with Crippen molar-refractivity contribution in [3.63, 3.8) is 0 Å². The van der Waals surface area contributed by atoms with E-state index in [4.69, 9.17) is 22.6 Å². The Labute approximate surface area is 119 Å². The summed E-state index contributed by atoms with van der Waals surface area (Å²) in [6, 6.07) is 5.60. The number of hydrogen-bond acceptors (Lipinski definition) is 3. The number of hydrogen-bond donors (Lipinski definition) is 2. The number of nitrogens with one attached hydrogen (secondary N) is 1. The predicted octanol–water partition coefficient (Wildman–Crippen LogP) is 3.71. The van der Waals surface area contributed by atoms with Gasteiger partial charge in [-0.25, -0.2) is 0 Å². The van der Waals surface area contributed by atoms with Gasteiger partial charge in [0, 0.05) is 14.5 Å². The van der Waals surface area contributed by atoms with Crippen LogP contribution >= 0.6 is 43.5 Å². The Hall–Kier alpha value is -1.03. The first-order valence-electron chi connectivity index (χ1n) is 4.44. The van der Waals surface area contributed by atoms with Crippen LogP contribution in [0, 0.1) is 11.3 Å². The van der Waals surface area contributed by atoms with Gasteiger partial charge in [0.2, 0.25) is 0 Å². The number of H-pyrrole nitrogens is 1. The Morgan fingerprint density at radius 2 is 2.12 bits per heavy atom. The minimum absolute atomic E-state index is 0.244. The molecule has 4 nitrogen and oxygen atoms in total. The van der Waals surface area contributed by atoms with Crippen LogP contribution < -0.4 is 5.73 Å². The van der Waals surface area contributed by atoms with Crippen molar-refractivity contribution in [2.45, 2.75) is 0 Å². The molecule has 0 aliphatic carbocycles. The SMILES string of the molecule is N#Cc1c(-c2ccc(Br)c(Cl)c2Br)n[nH]c1N. The summed E-state index contributed by atoms with van der Waals surface area (Å²) in [6.45, 7) is 0. The van der Waals surface area contributed by atoms with E-state index in [0.717, 1.165) is 4.47 Å². The number of aromatic amines is 1. The second-order valence-electron chi connectivity index (χ2n) is 3.20.